The third-order valence-electron chi connectivity index (χ3n) is 3.94. The van der Waals surface area contributed by atoms with Crippen molar-refractivity contribution in [3.8, 4) is 0 Å². The van der Waals surface area contributed by atoms with E-state index in [0.29, 0.717) is 12.0 Å². The Hall–Kier alpha value is -0.0800. The minimum absolute atomic E-state index is 0.349. The summed E-state index contributed by atoms with van der Waals surface area (Å²) in [5.74, 6) is 1.59. The zero-order valence-corrected chi connectivity index (χ0v) is 10.7. The third kappa shape index (κ3) is 4.52. The molecule has 0 bridgehead atoms. The molecule has 0 aromatic carbocycles. The Balaban J connectivity index is 2.19. The maximum absolute atomic E-state index is 6.16. The molecule has 90 valence electrons. The van der Waals surface area contributed by atoms with Gasteiger partial charge in [0.05, 0.1) is 0 Å². The molecular formula is C13H28N2. The highest BCUT2D eigenvalue weighted by molar-refractivity contribution is 4.75. The first kappa shape index (κ1) is 13.0. The molecule has 1 aliphatic rings. The monoisotopic (exact) mass is 212 g/mol. The molecule has 0 spiro atoms. The molecule has 0 heterocycles. The van der Waals surface area contributed by atoms with Gasteiger partial charge in [0, 0.05) is 19.1 Å². The van der Waals surface area contributed by atoms with E-state index in [-0.39, 0.29) is 0 Å². The van der Waals surface area contributed by atoms with E-state index < -0.39 is 0 Å². The molecular weight excluding hydrogens is 184 g/mol. The molecule has 0 aromatic rings. The summed E-state index contributed by atoms with van der Waals surface area (Å²) >= 11 is 0. The summed E-state index contributed by atoms with van der Waals surface area (Å²) in [5, 5.41) is 0. The minimum atomic E-state index is 0.349. The predicted molar refractivity (Wildman–Crippen MR) is 66.9 cm³/mol. The molecule has 2 heteroatoms. The van der Waals surface area contributed by atoms with Crippen molar-refractivity contribution in [2.75, 3.05) is 20.1 Å². The van der Waals surface area contributed by atoms with Crippen LogP contribution in [0.4, 0.5) is 0 Å². The molecule has 1 fully saturated rings. The Morgan fingerprint density at radius 2 is 1.93 bits per heavy atom. The van der Waals surface area contributed by atoms with Crippen molar-refractivity contribution in [1.29, 1.82) is 0 Å². The van der Waals surface area contributed by atoms with Gasteiger partial charge in [0.1, 0.15) is 0 Å². The molecule has 1 rings (SSSR count). The van der Waals surface area contributed by atoms with E-state index in [9.17, 15) is 0 Å². The summed E-state index contributed by atoms with van der Waals surface area (Å²) in [6.07, 6.45) is 6.94. The van der Waals surface area contributed by atoms with Gasteiger partial charge in [0.15, 0.2) is 0 Å². The zero-order valence-electron chi connectivity index (χ0n) is 10.7. The van der Waals surface area contributed by atoms with Crippen LogP contribution in [0.1, 0.15) is 46.0 Å². The Kier molecular flexibility index (Phi) is 5.62. The van der Waals surface area contributed by atoms with Gasteiger partial charge < -0.3 is 10.6 Å². The van der Waals surface area contributed by atoms with Crippen LogP contribution in [0, 0.1) is 11.8 Å². The lowest BCUT2D eigenvalue weighted by atomic mass is 9.99. The quantitative estimate of drug-likeness (QED) is 0.733. The highest BCUT2D eigenvalue weighted by Gasteiger charge is 2.19. The smallest absolute Gasteiger partial charge is 0.0193 e. The van der Waals surface area contributed by atoms with Gasteiger partial charge in [0.25, 0.3) is 0 Å². The first-order valence-corrected chi connectivity index (χ1v) is 6.57. The fourth-order valence-corrected chi connectivity index (χ4v) is 2.55. The van der Waals surface area contributed by atoms with Crippen LogP contribution in [0.25, 0.3) is 0 Å². The van der Waals surface area contributed by atoms with Crippen molar-refractivity contribution in [2.45, 2.75) is 52.0 Å². The maximum atomic E-state index is 6.16. The molecule has 0 amide bonds. The maximum Gasteiger partial charge on any atom is 0.0193 e. The standard InChI is InChI=1S/C13H28N2/c1-4-11(2)13(14)10-15(3)9-12-7-5-6-8-12/h11-13H,4-10,14H2,1-3H3. The van der Waals surface area contributed by atoms with Gasteiger partial charge >= 0.3 is 0 Å². The molecule has 2 atom stereocenters. The lowest BCUT2D eigenvalue weighted by Crippen LogP contribution is -2.41. The lowest BCUT2D eigenvalue weighted by molar-refractivity contribution is 0.239. The Morgan fingerprint density at radius 1 is 1.33 bits per heavy atom. The number of nitrogens with zero attached hydrogens (tertiary/aromatic N) is 1. The van der Waals surface area contributed by atoms with Gasteiger partial charge in [-0.15, -0.1) is 0 Å². The van der Waals surface area contributed by atoms with Gasteiger partial charge in [-0.3, -0.25) is 0 Å². The highest BCUT2D eigenvalue weighted by atomic mass is 15.1. The first-order valence-electron chi connectivity index (χ1n) is 6.57. The summed E-state index contributed by atoms with van der Waals surface area (Å²) in [6, 6.07) is 0.349. The van der Waals surface area contributed by atoms with Gasteiger partial charge in [-0.05, 0) is 31.7 Å². The van der Waals surface area contributed by atoms with E-state index in [1.54, 1.807) is 0 Å². The minimum Gasteiger partial charge on any atom is -0.326 e. The van der Waals surface area contributed by atoms with E-state index in [1.807, 2.05) is 0 Å². The largest absolute Gasteiger partial charge is 0.326 e. The summed E-state index contributed by atoms with van der Waals surface area (Å²) in [4.78, 5) is 2.44. The number of hydrogen-bond acceptors (Lipinski definition) is 2. The van der Waals surface area contributed by atoms with E-state index in [2.05, 4.69) is 25.8 Å². The van der Waals surface area contributed by atoms with Crippen molar-refractivity contribution >= 4 is 0 Å². The predicted octanol–water partition coefficient (Wildman–Crippen LogP) is 2.48. The van der Waals surface area contributed by atoms with Gasteiger partial charge in [0.2, 0.25) is 0 Å². The van der Waals surface area contributed by atoms with E-state index in [1.165, 1.54) is 38.6 Å². The van der Waals surface area contributed by atoms with Crippen LogP contribution in [0.5, 0.6) is 0 Å². The molecule has 0 radical (unpaired) electrons. The molecule has 15 heavy (non-hydrogen) atoms. The van der Waals surface area contributed by atoms with Crippen LogP contribution in [0.15, 0.2) is 0 Å². The molecule has 0 aromatic heterocycles. The first-order chi connectivity index (χ1) is 7.13. The normalized spacial score (nSPS) is 22.2. The Labute approximate surface area is 95.2 Å². The van der Waals surface area contributed by atoms with Crippen LogP contribution < -0.4 is 5.73 Å². The van der Waals surface area contributed by atoms with Crippen molar-refractivity contribution in [3.05, 3.63) is 0 Å². The number of rotatable bonds is 6. The SMILES string of the molecule is CCC(C)C(N)CN(C)CC1CCCC1. The average molecular weight is 212 g/mol. The number of hydrogen-bond donors (Lipinski definition) is 1. The summed E-state index contributed by atoms with van der Waals surface area (Å²) < 4.78 is 0. The fourth-order valence-electron chi connectivity index (χ4n) is 2.55. The Bertz CT molecular complexity index is 164. The summed E-state index contributed by atoms with van der Waals surface area (Å²) in [7, 11) is 2.22. The third-order valence-corrected chi connectivity index (χ3v) is 3.94. The van der Waals surface area contributed by atoms with E-state index in [0.717, 1.165) is 12.5 Å². The topological polar surface area (TPSA) is 29.3 Å². The fraction of sp³-hybridized carbons (Fsp3) is 1.00. The molecule has 2 unspecified atom stereocenters. The summed E-state index contributed by atoms with van der Waals surface area (Å²) in [6.45, 7) is 6.80. The second kappa shape index (κ2) is 6.49. The number of nitrogens with two attached hydrogens (primary N) is 1. The molecule has 1 saturated carbocycles. The number of likely N-dealkylation sites (N-methyl/N-ethyl adjacent to an activating group) is 1. The van der Waals surface area contributed by atoms with Crippen LogP contribution in [0.2, 0.25) is 0 Å². The summed E-state index contributed by atoms with van der Waals surface area (Å²) in [5.41, 5.74) is 6.16. The van der Waals surface area contributed by atoms with Gasteiger partial charge in [-0.25, -0.2) is 0 Å². The molecule has 1 aliphatic carbocycles. The molecule has 0 aliphatic heterocycles. The van der Waals surface area contributed by atoms with E-state index >= 15 is 0 Å². The van der Waals surface area contributed by atoms with E-state index in [4.69, 9.17) is 5.73 Å². The van der Waals surface area contributed by atoms with Crippen LogP contribution in [-0.4, -0.2) is 31.1 Å². The lowest BCUT2D eigenvalue weighted by Gasteiger charge is -2.27. The van der Waals surface area contributed by atoms with Crippen LogP contribution >= 0.6 is 0 Å². The zero-order chi connectivity index (χ0) is 11.3. The van der Waals surface area contributed by atoms with Crippen molar-refractivity contribution < 1.29 is 0 Å². The average Bonchev–Trinajstić information content (AvgIpc) is 2.68. The van der Waals surface area contributed by atoms with Crippen LogP contribution in [0.3, 0.4) is 0 Å². The second-order valence-corrected chi connectivity index (χ2v) is 5.42. The van der Waals surface area contributed by atoms with Crippen LogP contribution in [-0.2, 0) is 0 Å². The molecule has 2 nitrogen and oxygen atoms in total. The van der Waals surface area contributed by atoms with Gasteiger partial charge in [-0.1, -0.05) is 33.1 Å². The van der Waals surface area contributed by atoms with Crippen molar-refractivity contribution in [2.24, 2.45) is 17.6 Å². The van der Waals surface area contributed by atoms with Gasteiger partial charge in [-0.2, -0.15) is 0 Å². The second-order valence-electron chi connectivity index (χ2n) is 5.42. The molecule has 2 N–H and O–H groups in total. The van der Waals surface area contributed by atoms with Crippen molar-refractivity contribution in [3.63, 3.8) is 0 Å². The molecule has 0 saturated heterocycles. The van der Waals surface area contributed by atoms with Crippen molar-refractivity contribution in [1.82, 2.24) is 4.90 Å². The Morgan fingerprint density at radius 3 is 2.47 bits per heavy atom. The highest BCUT2D eigenvalue weighted by Crippen LogP contribution is 2.25.